The zero-order valence-corrected chi connectivity index (χ0v) is 11.2. The highest BCUT2D eigenvalue weighted by molar-refractivity contribution is 5.46. The first-order valence-corrected chi connectivity index (χ1v) is 6.95. The second kappa shape index (κ2) is 6.19. The highest BCUT2D eigenvalue weighted by Crippen LogP contribution is 2.23. The number of halogens is 1. The summed E-state index contributed by atoms with van der Waals surface area (Å²) in [5.41, 5.74) is 7.53. The summed E-state index contributed by atoms with van der Waals surface area (Å²) in [6, 6.07) is 4.66. The van der Waals surface area contributed by atoms with Gasteiger partial charge in [0.1, 0.15) is 5.82 Å². The molecule has 0 aliphatic carbocycles. The maximum atomic E-state index is 13.2. The fourth-order valence-corrected chi connectivity index (χ4v) is 2.74. The van der Waals surface area contributed by atoms with Crippen molar-refractivity contribution in [2.75, 3.05) is 18.8 Å². The Morgan fingerprint density at radius 2 is 2.17 bits per heavy atom. The molecule has 1 heterocycles. The van der Waals surface area contributed by atoms with Gasteiger partial charge in [-0.25, -0.2) is 4.39 Å². The maximum Gasteiger partial charge on any atom is 0.123 e. The SMILES string of the molecule is CCC1CCCN(Cc2cc(F)ccc2N)CC1. The minimum Gasteiger partial charge on any atom is -0.398 e. The van der Waals surface area contributed by atoms with E-state index in [1.807, 2.05) is 0 Å². The molecule has 1 fully saturated rings. The van der Waals surface area contributed by atoms with Gasteiger partial charge in [0.05, 0.1) is 0 Å². The highest BCUT2D eigenvalue weighted by atomic mass is 19.1. The molecule has 0 bridgehead atoms. The van der Waals surface area contributed by atoms with Gasteiger partial charge in [-0.05, 0) is 62.0 Å². The number of hydrogen-bond acceptors (Lipinski definition) is 2. The molecule has 2 N–H and O–H groups in total. The summed E-state index contributed by atoms with van der Waals surface area (Å²) in [7, 11) is 0. The predicted octanol–water partition coefficient (Wildman–Crippen LogP) is 3.42. The molecule has 2 rings (SSSR count). The van der Waals surface area contributed by atoms with Crippen LogP contribution in [0.25, 0.3) is 0 Å². The van der Waals surface area contributed by atoms with Crippen molar-refractivity contribution in [1.29, 1.82) is 0 Å². The molecule has 1 aromatic carbocycles. The number of hydrogen-bond donors (Lipinski definition) is 1. The lowest BCUT2D eigenvalue weighted by molar-refractivity contribution is 0.272. The van der Waals surface area contributed by atoms with Crippen LogP contribution in [0.15, 0.2) is 18.2 Å². The molecule has 0 saturated carbocycles. The monoisotopic (exact) mass is 250 g/mol. The van der Waals surface area contributed by atoms with Crippen molar-refractivity contribution in [2.45, 2.75) is 39.2 Å². The van der Waals surface area contributed by atoms with Gasteiger partial charge in [0, 0.05) is 12.2 Å². The standard InChI is InChI=1S/C15H23FN2/c1-2-12-4-3-8-18(9-7-12)11-13-10-14(16)5-6-15(13)17/h5-6,10,12H,2-4,7-9,11,17H2,1H3. The van der Waals surface area contributed by atoms with Gasteiger partial charge in [0.2, 0.25) is 0 Å². The van der Waals surface area contributed by atoms with E-state index in [2.05, 4.69) is 11.8 Å². The van der Waals surface area contributed by atoms with Crippen LogP contribution in [0.5, 0.6) is 0 Å². The van der Waals surface area contributed by atoms with Crippen molar-refractivity contribution in [3.05, 3.63) is 29.6 Å². The Balaban J connectivity index is 1.98. The fourth-order valence-electron chi connectivity index (χ4n) is 2.74. The summed E-state index contributed by atoms with van der Waals surface area (Å²) in [6.45, 7) is 5.26. The molecule has 1 saturated heterocycles. The third-order valence-electron chi connectivity index (χ3n) is 4.02. The molecule has 0 amide bonds. The molecule has 1 unspecified atom stereocenters. The first-order chi connectivity index (χ1) is 8.69. The molecular formula is C15H23FN2. The Labute approximate surface area is 109 Å². The first kappa shape index (κ1) is 13.3. The van der Waals surface area contributed by atoms with E-state index in [1.54, 1.807) is 12.1 Å². The van der Waals surface area contributed by atoms with Crippen LogP contribution >= 0.6 is 0 Å². The van der Waals surface area contributed by atoms with E-state index in [9.17, 15) is 4.39 Å². The molecule has 1 atom stereocenters. The molecule has 1 aromatic rings. The summed E-state index contributed by atoms with van der Waals surface area (Å²) in [5.74, 6) is 0.667. The Morgan fingerprint density at radius 1 is 1.33 bits per heavy atom. The second-order valence-electron chi connectivity index (χ2n) is 5.32. The molecule has 1 aliphatic rings. The van der Waals surface area contributed by atoms with Crippen LogP contribution in [0.3, 0.4) is 0 Å². The first-order valence-electron chi connectivity index (χ1n) is 6.95. The minimum absolute atomic E-state index is 0.194. The van der Waals surface area contributed by atoms with Crippen molar-refractivity contribution >= 4 is 5.69 Å². The highest BCUT2D eigenvalue weighted by Gasteiger charge is 2.16. The maximum absolute atomic E-state index is 13.2. The van der Waals surface area contributed by atoms with Crippen LogP contribution in [0.4, 0.5) is 10.1 Å². The Bertz CT molecular complexity index is 392. The van der Waals surface area contributed by atoms with E-state index in [-0.39, 0.29) is 5.82 Å². The van der Waals surface area contributed by atoms with Crippen molar-refractivity contribution in [2.24, 2.45) is 5.92 Å². The summed E-state index contributed by atoms with van der Waals surface area (Å²) < 4.78 is 13.2. The van der Waals surface area contributed by atoms with Crippen molar-refractivity contribution in [3.8, 4) is 0 Å². The van der Waals surface area contributed by atoms with Crippen molar-refractivity contribution in [1.82, 2.24) is 4.90 Å². The third-order valence-corrected chi connectivity index (χ3v) is 4.02. The number of nitrogen functional groups attached to an aromatic ring is 1. The van der Waals surface area contributed by atoms with Crippen LogP contribution in [0.1, 0.15) is 38.2 Å². The molecule has 1 aliphatic heterocycles. The number of rotatable bonds is 3. The van der Waals surface area contributed by atoms with Gasteiger partial charge in [-0.15, -0.1) is 0 Å². The third kappa shape index (κ3) is 3.45. The predicted molar refractivity (Wildman–Crippen MR) is 73.7 cm³/mol. The van der Waals surface area contributed by atoms with E-state index in [0.29, 0.717) is 5.69 Å². The summed E-state index contributed by atoms with van der Waals surface area (Å²) in [6.07, 6.45) is 5.10. The van der Waals surface area contributed by atoms with Crippen molar-refractivity contribution < 1.29 is 4.39 Å². The van der Waals surface area contributed by atoms with E-state index in [4.69, 9.17) is 5.73 Å². The lowest BCUT2D eigenvalue weighted by Gasteiger charge is -2.21. The van der Waals surface area contributed by atoms with Crippen molar-refractivity contribution in [3.63, 3.8) is 0 Å². The number of benzene rings is 1. The molecule has 100 valence electrons. The number of nitrogens with zero attached hydrogens (tertiary/aromatic N) is 1. The molecule has 3 heteroatoms. The van der Waals surface area contributed by atoms with Crippen LogP contribution in [-0.2, 0) is 6.54 Å². The Hall–Kier alpha value is -1.09. The molecular weight excluding hydrogens is 227 g/mol. The lowest BCUT2D eigenvalue weighted by atomic mass is 9.98. The topological polar surface area (TPSA) is 29.3 Å². The number of anilines is 1. The van der Waals surface area contributed by atoms with Crippen LogP contribution in [0.2, 0.25) is 0 Å². The van der Waals surface area contributed by atoms with Gasteiger partial charge in [0.15, 0.2) is 0 Å². The number of nitrogens with two attached hydrogens (primary N) is 1. The Morgan fingerprint density at radius 3 is 2.94 bits per heavy atom. The summed E-state index contributed by atoms with van der Waals surface area (Å²) >= 11 is 0. The van der Waals surface area contributed by atoms with Gasteiger partial charge < -0.3 is 5.73 Å². The van der Waals surface area contributed by atoms with Gasteiger partial charge in [-0.3, -0.25) is 4.90 Å². The fraction of sp³-hybridized carbons (Fsp3) is 0.600. The van der Waals surface area contributed by atoms with E-state index < -0.39 is 0 Å². The molecule has 2 nitrogen and oxygen atoms in total. The van der Waals surface area contributed by atoms with Gasteiger partial charge in [-0.1, -0.05) is 13.3 Å². The van der Waals surface area contributed by atoms with E-state index in [0.717, 1.165) is 31.1 Å². The van der Waals surface area contributed by atoms with Gasteiger partial charge in [-0.2, -0.15) is 0 Å². The smallest absolute Gasteiger partial charge is 0.123 e. The lowest BCUT2D eigenvalue weighted by Crippen LogP contribution is -2.24. The summed E-state index contributed by atoms with van der Waals surface area (Å²) in [5, 5.41) is 0. The minimum atomic E-state index is -0.194. The summed E-state index contributed by atoms with van der Waals surface area (Å²) in [4.78, 5) is 2.40. The Kier molecular flexibility index (Phi) is 4.59. The quantitative estimate of drug-likeness (QED) is 0.833. The zero-order chi connectivity index (χ0) is 13.0. The zero-order valence-electron chi connectivity index (χ0n) is 11.2. The molecule has 0 spiro atoms. The van der Waals surface area contributed by atoms with Crippen LogP contribution in [0, 0.1) is 11.7 Å². The second-order valence-corrected chi connectivity index (χ2v) is 5.32. The average Bonchev–Trinajstić information content (AvgIpc) is 2.59. The van der Waals surface area contributed by atoms with E-state index in [1.165, 1.54) is 31.7 Å². The molecule has 0 radical (unpaired) electrons. The van der Waals surface area contributed by atoms with Gasteiger partial charge in [0.25, 0.3) is 0 Å². The number of likely N-dealkylation sites (tertiary alicyclic amines) is 1. The molecule has 0 aromatic heterocycles. The molecule has 18 heavy (non-hydrogen) atoms. The van der Waals surface area contributed by atoms with Gasteiger partial charge >= 0.3 is 0 Å². The largest absolute Gasteiger partial charge is 0.398 e. The van der Waals surface area contributed by atoms with E-state index >= 15 is 0 Å². The average molecular weight is 250 g/mol. The van der Waals surface area contributed by atoms with Crippen LogP contribution in [-0.4, -0.2) is 18.0 Å². The normalized spacial score (nSPS) is 21.8. The van der Waals surface area contributed by atoms with Crippen LogP contribution < -0.4 is 5.73 Å².